The normalized spacial score (nSPS) is 12.3. The second kappa shape index (κ2) is 12.9. The number of ether oxygens (including phenoxy) is 1. The van der Waals surface area contributed by atoms with E-state index in [2.05, 4.69) is 9.62 Å². The highest BCUT2D eigenvalue weighted by atomic mass is 32.2. The summed E-state index contributed by atoms with van der Waals surface area (Å²) in [5, 5.41) is 10.8. The van der Waals surface area contributed by atoms with Gasteiger partial charge in [-0.2, -0.15) is 4.72 Å². The number of nitro groups is 1. The Morgan fingerprint density at radius 3 is 1.94 bits per heavy atom. The molecule has 1 N–H and O–H groups in total. The van der Waals surface area contributed by atoms with Crippen molar-refractivity contribution in [3.8, 4) is 0 Å². The number of carbonyl (C=O) groups is 1. The Morgan fingerprint density at radius 1 is 0.944 bits per heavy atom. The number of non-ortho nitro benzene ring substituents is 1. The van der Waals surface area contributed by atoms with Gasteiger partial charge in [0.15, 0.2) is 0 Å². The fraction of sp³-hybridized carbons (Fsp3) is 0.269. The van der Waals surface area contributed by atoms with Crippen LogP contribution < -0.4 is 4.72 Å². The summed E-state index contributed by atoms with van der Waals surface area (Å²) < 4.78 is 32.9. The third-order valence-corrected chi connectivity index (χ3v) is 7.09. The van der Waals surface area contributed by atoms with Crippen molar-refractivity contribution in [1.29, 1.82) is 0 Å². The summed E-state index contributed by atoms with van der Waals surface area (Å²) in [6.07, 6.45) is 0.751. The Morgan fingerprint density at radius 2 is 1.47 bits per heavy atom. The first-order valence-corrected chi connectivity index (χ1v) is 12.9. The molecular formula is C26H29N3O6S. The lowest BCUT2D eigenvalue weighted by atomic mass is 10.1. The van der Waals surface area contributed by atoms with Gasteiger partial charge in [0.1, 0.15) is 6.04 Å². The summed E-state index contributed by atoms with van der Waals surface area (Å²) in [4.78, 5) is 24.7. The van der Waals surface area contributed by atoms with E-state index in [0.29, 0.717) is 26.1 Å². The molecule has 1 atom stereocenters. The van der Waals surface area contributed by atoms with Gasteiger partial charge in [-0.05, 0) is 42.6 Å². The minimum absolute atomic E-state index is 0.170. The largest absolute Gasteiger partial charge is 0.468 e. The smallest absolute Gasteiger partial charge is 0.323 e. The van der Waals surface area contributed by atoms with Crippen molar-refractivity contribution in [3.05, 3.63) is 106 Å². The predicted octanol–water partition coefficient (Wildman–Crippen LogP) is 3.90. The number of rotatable bonds is 13. The number of nitro benzene ring substituents is 1. The fourth-order valence-corrected chi connectivity index (χ4v) is 5.00. The predicted molar refractivity (Wildman–Crippen MR) is 135 cm³/mol. The quantitative estimate of drug-likeness (QED) is 0.210. The first-order valence-electron chi connectivity index (χ1n) is 11.4. The van der Waals surface area contributed by atoms with Crippen LogP contribution in [-0.4, -0.2) is 43.9 Å². The van der Waals surface area contributed by atoms with E-state index in [1.807, 2.05) is 60.7 Å². The van der Waals surface area contributed by atoms with Crippen molar-refractivity contribution in [2.24, 2.45) is 0 Å². The molecule has 36 heavy (non-hydrogen) atoms. The first-order chi connectivity index (χ1) is 17.3. The minimum Gasteiger partial charge on any atom is -0.468 e. The number of hydrogen-bond acceptors (Lipinski definition) is 7. The molecule has 10 heteroatoms. The van der Waals surface area contributed by atoms with E-state index in [4.69, 9.17) is 4.74 Å². The van der Waals surface area contributed by atoms with Crippen LogP contribution in [0.1, 0.15) is 24.0 Å². The third kappa shape index (κ3) is 7.98. The van der Waals surface area contributed by atoms with Crippen LogP contribution in [0.2, 0.25) is 0 Å². The molecule has 0 heterocycles. The molecule has 3 aromatic rings. The lowest BCUT2D eigenvalue weighted by Crippen LogP contribution is -2.42. The van der Waals surface area contributed by atoms with E-state index in [0.717, 1.165) is 35.4 Å². The number of nitrogens with zero attached hydrogens (tertiary/aromatic N) is 2. The zero-order chi connectivity index (χ0) is 26.0. The van der Waals surface area contributed by atoms with E-state index in [1.165, 1.54) is 7.11 Å². The summed E-state index contributed by atoms with van der Waals surface area (Å²) in [5.41, 5.74) is 2.07. The van der Waals surface area contributed by atoms with Crippen molar-refractivity contribution in [2.75, 3.05) is 13.7 Å². The van der Waals surface area contributed by atoms with Gasteiger partial charge in [-0.3, -0.25) is 19.8 Å². The highest BCUT2D eigenvalue weighted by Crippen LogP contribution is 2.17. The highest BCUT2D eigenvalue weighted by molar-refractivity contribution is 7.89. The number of benzene rings is 3. The van der Waals surface area contributed by atoms with Gasteiger partial charge in [0.2, 0.25) is 10.0 Å². The molecule has 0 saturated carbocycles. The molecule has 0 fully saturated rings. The van der Waals surface area contributed by atoms with Gasteiger partial charge in [-0.15, -0.1) is 0 Å². The SMILES string of the molecule is COC(=O)[C@H](CCCN(Cc1ccccc1)Cc1ccccc1)NS(=O)(=O)c1ccc([N+](=O)[O-])cc1. The minimum atomic E-state index is -4.09. The summed E-state index contributed by atoms with van der Waals surface area (Å²) in [5.74, 6) is -0.696. The molecule has 0 saturated heterocycles. The standard InChI is InChI=1S/C26H29N3O6S/c1-35-26(30)25(27-36(33,34)24-16-14-23(15-17-24)29(31)32)13-8-18-28(19-21-9-4-2-5-10-21)20-22-11-6-3-7-12-22/h2-7,9-12,14-17,25,27H,8,13,18-20H2,1H3/t25-/m0/s1. The Kier molecular flexibility index (Phi) is 9.69. The van der Waals surface area contributed by atoms with Crippen LogP contribution in [0.15, 0.2) is 89.8 Å². The molecular weight excluding hydrogens is 482 g/mol. The molecule has 0 unspecified atom stereocenters. The second-order valence-electron chi connectivity index (χ2n) is 8.27. The molecule has 0 spiro atoms. The van der Waals surface area contributed by atoms with E-state index >= 15 is 0 Å². The molecule has 3 aromatic carbocycles. The van der Waals surface area contributed by atoms with Crippen molar-refractivity contribution in [3.63, 3.8) is 0 Å². The van der Waals surface area contributed by atoms with Crippen LogP contribution in [0.5, 0.6) is 0 Å². The van der Waals surface area contributed by atoms with Crippen molar-refractivity contribution in [2.45, 2.75) is 36.9 Å². The van der Waals surface area contributed by atoms with Crippen LogP contribution in [0.3, 0.4) is 0 Å². The Labute approximate surface area is 210 Å². The van der Waals surface area contributed by atoms with Gasteiger partial charge in [-0.25, -0.2) is 8.42 Å². The maximum Gasteiger partial charge on any atom is 0.323 e. The molecule has 0 aliphatic rings. The van der Waals surface area contributed by atoms with E-state index in [1.54, 1.807) is 0 Å². The molecule has 3 rings (SSSR count). The van der Waals surface area contributed by atoms with Gasteiger partial charge in [0.25, 0.3) is 5.69 Å². The maximum absolute atomic E-state index is 12.8. The third-order valence-electron chi connectivity index (χ3n) is 5.61. The number of hydrogen-bond donors (Lipinski definition) is 1. The van der Waals surface area contributed by atoms with Crippen LogP contribution in [0.25, 0.3) is 0 Å². The average molecular weight is 512 g/mol. The van der Waals surface area contributed by atoms with Gasteiger partial charge in [0, 0.05) is 25.2 Å². The van der Waals surface area contributed by atoms with Crippen LogP contribution in [-0.2, 0) is 32.6 Å². The Balaban J connectivity index is 1.68. The monoisotopic (exact) mass is 511 g/mol. The molecule has 0 aliphatic carbocycles. The molecule has 190 valence electrons. The van der Waals surface area contributed by atoms with Crippen molar-refractivity contribution < 1.29 is 22.9 Å². The summed E-state index contributed by atoms with van der Waals surface area (Å²) in [6.45, 7) is 2.02. The van der Waals surface area contributed by atoms with Crippen molar-refractivity contribution >= 4 is 21.7 Å². The Hall–Kier alpha value is -3.60. The topological polar surface area (TPSA) is 119 Å². The van der Waals surface area contributed by atoms with Crippen molar-refractivity contribution in [1.82, 2.24) is 9.62 Å². The van der Waals surface area contributed by atoms with Crippen LogP contribution >= 0.6 is 0 Å². The molecule has 0 bridgehead atoms. The molecule has 9 nitrogen and oxygen atoms in total. The number of methoxy groups -OCH3 is 1. The summed E-state index contributed by atoms with van der Waals surface area (Å²) in [6, 6.07) is 23.4. The zero-order valence-corrected chi connectivity index (χ0v) is 20.8. The van der Waals surface area contributed by atoms with Gasteiger partial charge < -0.3 is 4.74 Å². The first kappa shape index (κ1) is 27.0. The molecule has 0 amide bonds. The van der Waals surface area contributed by atoms with E-state index in [9.17, 15) is 23.3 Å². The van der Waals surface area contributed by atoms with Gasteiger partial charge in [0.05, 0.1) is 16.9 Å². The summed E-state index contributed by atoms with van der Waals surface area (Å²) in [7, 11) is -2.89. The number of nitrogens with one attached hydrogen (secondary N) is 1. The summed E-state index contributed by atoms with van der Waals surface area (Å²) >= 11 is 0. The Bertz CT molecular complexity index is 1190. The van der Waals surface area contributed by atoms with Gasteiger partial charge in [-0.1, -0.05) is 60.7 Å². The van der Waals surface area contributed by atoms with E-state index in [-0.39, 0.29) is 17.0 Å². The van der Waals surface area contributed by atoms with Gasteiger partial charge >= 0.3 is 5.97 Å². The lowest BCUT2D eigenvalue weighted by Gasteiger charge is -2.24. The fourth-order valence-electron chi connectivity index (χ4n) is 3.79. The number of sulfonamides is 1. The van der Waals surface area contributed by atoms with Crippen LogP contribution in [0.4, 0.5) is 5.69 Å². The highest BCUT2D eigenvalue weighted by Gasteiger charge is 2.27. The molecule has 0 radical (unpaired) electrons. The zero-order valence-electron chi connectivity index (χ0n) is 19.9. The lowest BCUT2D eigenvalue weighted by molar-refractivity contribution is -0.384. The van der Waals surface area contributed by atoms with Crippen LogP contribution in [0, 0.1) is 10.1 Å². The molecule has 0 aromatic heterocycles. The number of carbonyl (C=O) groups excluding carboxylic acids is 1. The molecule has 0 aliphatic heterocycles. The average Bonchev–Trinajstić information content (AvgIpc) is 2.88. The maximum atomic E-state index is 12.8. The van der Waals surface area contributed by atoms with E-state index < -0.39 is 27.0 Å². The second-order valence-corrected chi connectivity index (χ2v) is 9.99. The number of esters is 1.